The van der Waals surface area contributed by atoms with Gasteiger partial charge in [0.15, 0.2) is 0 Å². The van der Waals surface area contributed by atoms with Crippen molar-refractivity contribution in [2.24, 2.45) is 0 Å². The van der Waals surface area contributed by atoms with E-state index in [-0.39, 0.29) is 9.79 Å². The third-order valence-electron chi connectivity index (χ3n) is 2.30. The van der Waals surface area contributed by atoms with E-state index in [4.69, 9.17) is 5.11 Å². The summed E-state index contributed by atoms with van der Waals surface area (Å²) in [6.45, 7) is 0. The molecule has 19 heavy (non-hydrogen) atoms. The van der Waals surface area contributed by atoms with Gasteiger partial charge in [-0.25, -0.2) is 18.0 Å². The summed E-state index contributed by atoms with van der Waals surface area (Å²) in [7, 11) is 0. The zero-order valence-electron chi connectivity index (χ0n) is 9.36. The van der Waals surface area contributed by atoms with E-state index >= 15 is 0 Å². The van der Waals surface area contributed by atoms with Gasteiger partial charge < -0.3 is 5.11 Å². The fraction of sp³-hybridized carbons (Fsp3) is 0. The maximum atomic E-state index is 13.5. The molecule has 2 rings (SSSR count). The summed E-state index contributed by atoms with van der Waals surface area (Å²) in [5.74, 6) is -3.91. The lowest BCUT2D eigenvalue weighted by molar-refractivity contribution is 0.0688. The first-order chi connectivity index (χ1) is 8.99. The van der Waals surface area contributed by atoms with Gasteiger partial charge in [-0.05, 0) is 24.3 Å². The third kappa shape index (κ3) is 2.90. The number of carboxylic acid groups (broad SMARTS) is 1. The van der Waals surface area contributed by atoms with Gasteiger partial charge in [-0.1, -0.05) is 17.8 Å². The molecule has 0 spiro atoms. The Morgan fingerprint density at radius 1 is 1.00 bits per heavy atom. The summed E-state index contributed by atoms with van der Waals surface area (Å²) >= 11 is 0.730. The quantitative estimate of drug-likeness (QED) is 0.927. The van der Waals surface area contributed by atoms with Crippen LogP contribution in [0.1, 0.15) is 10.4 Å². The van der Waals surface area contributed by atoms with Crippen LogP contribution in [-0.2, 0) is 0 Å². The van der Waals surface area contributed by atoms with E-state index in [2.05, 4.69) is 0 Å². The minimum absolute atomic E-state index is 0.0227. The molecule has 6 heteroatoms. The van der Waals surface area contributed by atoms with Crippen LogP contribution in [0.15, 0.2) is 46.2 Å². The van der Waals surface area contributed by atoms with E-state index in [9.17, 15) is 18.0 Å². The lowest BCUT2D eigenvalue weighted by Crippen LogP contribution is -2.02. The van der Waals surface area contributed by atoms with Crippen LogP contribution in [0.4, 0.5) is 13.2 Å². The highest BCUT2D eigenvalue weighted by Crippen LogP contribution is 2.33. The second-order valence-electron chi connectivity index (χ2n) is 3.59. The van der Waals surface area contributed by atoms with E-state index < -0.39 is 29.0 Å². The van der Waals surface area contributed by atoms with Crippen LogP contribution in [0.5, 0.6) is 0 Å². The summed E-state index contributed by atoms with van der Waals surface area (Å²) in [5.41, 5.74) is -0.531. The third-order valence-corrected chi connectivity index (χ3v) is 3.41. The molecule has 0 aliphatic rings. The Bertz CT molecular complexity index is 644. The Kier molecular flexibility index (Phi) is 3.80. The van der Waals surface area contributed by atoms with Crippen molar-refractivity contribution in [3.8, 4) is 0 Å². The van der Waals surface area contributed by atoms with Crippen LogP contribution >= 0.6 is 11.8 Å². The van der Waals surface area contributed by atoms with Crippen molar-refractivity contribution in [1.29, 1.82) is 0 Å². The number of rotatable bonds is 3. The Labute approximate surface area is 110 Å². The van der Waals surface area contributed by atoms with Crippen LogP contribution < -0.4 is 0 Å². The molecular formula is C13H7F3O2S. The molecule has 0 radical (unpaired) electrons. The predicted octanol–water partition coefficient (Wildman–Crippen LogP) is 3.95. The number of benzene rings is 2. The van der Waals surface area contributed by atoms with Crippen molar-refractivity contribution < 1.29 is 23.1 Å². The first kappa shape index (κ1) is 13.5. The predicted molar refractivity (Wildman–Crippen MR) is 63.8 cm³/mol. The molecule has 0 saturated heterocycles. The van der Waals surface area contributed by atoms with Crippen molar-refractivity contribution in [3.63, 3.8) is 0 Å². The molecule has 1 N–H and O–H groups in total. The largest absolute Gasteiger partial charge is 0.478 e. The highest BCUT2D eigenvalue weighted by Gasteiger charge is 2.17. The molecule has 0 aromatic heterocycles. The molecule has 98 valence electrons. The minimum atomic E-state index is -1.44. The summed E-state index contributed by atoms with van der Waals surface area (Å²) in [4.78, 5) is 11.0. The first-order valence-electron chi connectivity index (χ1n) is 5.13. The van der Waals surface area contributed by atoms with Gasteiger partial charge in [0.1, 0.15) is 23.0 Å². The molecule has 0 unspecified atom stereocenters. The standard InChI is InChI=1S/C13H7F3O2S/c14-7-4-5-10(9(16)6-7)19-11-3-1-2-8(15)12(11)13(17)18/h1-6H,(H,17,18). The van der Waals surface area contributed by atoms with Crippen molar-refractivity contribution in [2.45, 2.75) is 9.79 Å². The van der Waals surface area contributed by atoms with Crippen LogP contribution in [-0.4, -0.2) is 11.1 Å². The van der Waals surface area contributed by atoms with Gasteiger partial charge in [0.25, 0.3) is 0 Å². The fourth-order valence-corrected chi connectivity index (χ4v) is 2.44. The first-order valence-corrected chi connectivity index (χ1v) is 5.95. The van der Waals surface area contributed by atoms with Crippen molar-refractivity contribution in [3.05, 3.63) is 59.4 Å². The van der Waals surface area contributed by atoms with Crippen molar-refractivity contribution in [1.82, 2.24) is 0 Å². The number of carbonyl (C=O) groups is 1. The molecular weight excluding hydrogens is 277 g/mol. The topological polar surface area (TPSA) is 37.3 Å². The second kappa shape index (κ2) is 5.36. The van der Waals surface area contributed by atoms with E-state index in [1.54, 1.807) is 0 Å². The van der Waals surface area contributed by atoms with Crippen LogP contribution in [0.3, 0.4) is 0 Å². The molecule has 0 saturated carbocycles. The molecule has 0 bridgehead atoms. The summed E-state index contributed by atoms with van der Waals surface area (Å²) in [5, 5.41) is 8.93. The summed E-state index contributed by atoms with van der Waals surface area (Å²) < 4.78 is 39.6. The summed E-state index contributed by atoms with van der Waals surface area (Å²) in [6.07, 6.45) is 0. The zero-order valence-corrected chi connectivity index (χ0v) is 10.2. The lowest BCUT2D eigenvalue weighted by atomic mass is 10.2. The SMILES string of the molecule is O=C(O)c1c(F)cccc1Sc1ccc(F)cc1F. The molecule has 0 heterocycles. The molecule has 0 amide bonds. The van der Waals surface area contributed by atoms with E-state index in [1.165, 1.54) is 18.2 Å². The molecule has 0 atom stereocenters. The zero-order chi connectivity index (χ0) is 14.0. The monoisotopic (exact) mass is 284 g/mol. The number of hydrogen-bond donors (Lipinski definition) is 1. The molecule has 0 aliphatic heterocycles. The van der Waals surface area contributed by atoms with Gasteiger partial charge in [0.2, 0.25) is 0 Å². The second-order valence-corrected chi connectivity index (χ2v) is 4.68. The molecule has 0 aliphatic carbocycles. The smallest absolute Gasteiger partial charge is 0.339 e. The van der Waals surface area contributed by atoms with Gasteiger partial charge >= 0.3 is 5.97 Å². The molecule has 2 aromatic rings. The highest BCUT2D eigenvalue weighted by molar-refractivity contribution is 7.99. The van der Waals surface area contributed by atoms with Crippen LogP contribution in [0.25, 0.3) is 0 Å². The molecule has 2 aromatic carbocycles. The van der Waals surface area contributed by atoms with Gasteiger partial charge in [0.05, 0.1) is 0 Å². The average Bonchev–Trinajstić information content (AvgIpc) is 2.32. The number of halogens is 3. The summed E-state index contributed by atoms with van der Waals surface area (Å²) in [6, 6.07) is 6.60. The van der Waals surface area contributed by atoms with E-state index in [0.717, 1.165) is 23.9 Å². The fourth-order valence-electron chi connectivity index (χ4n) is 1.47. The maximum Gasteiger partial charge on any atom is 0.339 e. The number of carboxylic acids is 1. The Balaban J connectivity index is 2.44. The molecule has 2 nitrogen and oxygen atoms in total. The van der Waals surface area contributed by atoms with E-state index in [1.807, 2.05) is 0 Å². The van der Waals surface area contributed by atoms with Gasteiger partial charge in [-0.15, -0.1) is 0 Å². The van der Waals surface area contributed by atoms with Gasteiger partial charge in [-0.3, -0.25) is 0 Å². The van der Waals surface area contributed by atoms with Gasteiger partial charge in [0, 0.05) is 15.9 Å². The lowest BCUT2D eigenvalue weighted by Gasteiger charge is -2.07. The molecule has 0 fully saturated rings. The van der Waals surface area contributed by atoms with Crippen molar-refractivity contribution >= 4 is 17.7 Å². The Morgan fingerprint density at radius 2 is 1.74 bits per heavy atom. The van der Waals surface area contributed by atoms with Crippen LogP contribution in [0.2, 0.25) is 0 Å². The van der Waals surface area contributed by atoms with Crippen LogP contribution in [0, 0.1) is 17.5 Å². The Morgan fingerprint density at radius 3 is 2.37 bits per heavy atom. The minimum Gasteiger partial charge on any atom is -0.478 e. The van der Waals surface area contributed by atoms with E-state index in [0.29, 0.717) is 6.07 Å². The number of hydrogen-bond acceptors (Lipinski definition) is 2. The average molecular weight is 284 g/mol. The van der Waals surface area contributed by atoms with Gasteiger partial charge in [-0.2, -0.15) is 0 Å². The number of aromatic carboxylic acids is 1. The normalized spacial score (nSPS) is 10.5. The highest BCUT2D eigenvalue weighted by atomic mass is 32.2. The van der Waals surface area contributed by atoms with Crippen molar-refractivity contribution in [2.75, 3.05) is 0 Å². The Hall–Kier alpha value is -1.95. The maximum absolute atomic E-state index is 13.5.